The normalized spacial score (nSPS) is 17.5. The van der Waals surface area contributed by atoms with Gasteiger partial charge in [-0.25, -0.2) is 19.9 Å². The van der Waals surface area contributed by atoms with Gasteiger partial charge in [0.05, 0.1) is 16.7 Å². The maximum absolute atomic E-state index is 12.8. The number of rotatable bonds is 8. The van der Waals surface area contributed by atoms with Crippen LogP contribution in [-0.2, 0) is 64.2 Å². The average molecular weight is 884 g/mol. The molecule has 4 N–H and O–H groups in total. The average Bonchev–Trinajstić information content (AvgIpc) is 4.04. The van der Waals surface area contributed by atoms with Gasteiger partial charge >= 0.3 is 5.97 Å². The van der Waals surface area contributed by atoms with E-state index in [0.717, 1.165) is 100 Å². The van der Waals surface area contributed by atoms with E-state index in [1.54, 1.807) is 29.0 Å². The maximum Gasteiger partial charge on any atom is 0.306 e. The van der Waals surface area contributed by atoms with Gasteiger partial charge in [-0.2, -0.15) is 0 Å². The van der Waals surface area contributed by atoms with E-state index in [2.05, 4.69) is 35.9 Å². The predicted octanol–water partition coefficient (Wildman–Crippen LogP) is 8.83. The molecular formula is C45H37N7O5S4. The van der Waals surface area contributed by atoms with Crippen molar-refractivity contribution in [3.05, 3.63) is 117 Å². The zero-order chi connectivity index (χ0) is 41.6. The number of aryl methyl sites for hydroxylation is 2. The highest BCUT2D eigenvalue weighted by Gasteiger charge is 2.31. The summed E-state index contributed by atoms with van der Waals surface area (Å²) in [7, 11) is 0. The summed E-state index contributed by atoms with van der Waals surface area (Å²) in [6, 6.07) is 22.0. The highest BCUT2D eigenvalue weighted by molar-refractivity contribution is 8.14. The molecule has 7 aromatic rings. The van der Waals surface area contributed by atoms with E-state index >= 15 is 0 Å². The van der Waals surface area contributed by atoms with E-state index in [1.807, 2.05) is 66.7 Å². The molecule has 0 saturated carbocycles. The summed E-state index contributed by atoms with van der Waals surface area (Å²) in [5.74, 6) is 0.555. The summed E-state index contributed by atoms with van der Waals surface area (Å²) in [5.41, 5.74) is 7.47. The van der Waals surface area contributed by atoms with Crippen molar-refractivity contribution < 1.29 is 24.3 Å². The molecule has 0 bridgehead atoms. The monoisotopic (exact) mass is 883 g/mol. The van der Waals surface area contributed by atoms with Gasteiger partial charge in [-0.3, -0.25) is 19.2 Å². The molecular weight excluding hydrogens is 847 g/mol. The molecule has 61 heavy (non-hydrogen) atoms. The Hall–Kier alpha value is -5.68. The number of anilines is 4. The zero-order valence-electron chi connectivity index (χ0n) is 32.5. The number of benzene rings is 3. The number of carbonyl (C=O) groups excluding carboxylic acids is 3. The molecule has 11 rings (SSSR count). The predicted molar refractivity (Wildman–Crippen MR) is 240 cm³/mol. The van der Waals surface area contributed by atoms with Crippen LogP contribution >= 0.6 is 46.2 Å². The lowest BCUT2D eigenvalue weighted by atomic mass is 9.87. The molecule has 1 amide bonds. The van der Waals surface area contributed by atoms with Crippen LogP contribution in [0.4, 0.5) is 23.0 Å². The van der Waals surface area contributed by atoms with Gasteiger partial charge in [0.1, 0.15) is 34.0 Å². The Morgan fingerprint density at radius 1 is 0.672 bits per heavy atom. The first kappa shape index (κ1) is 39.5. The Labute approximate surface area is 366 Å². The third-order valence-corrected chi connectivity index (χ3v) is 15.8. The SMILES string of the molecule is O=C1Cc2ccc(Nc3ncnc4sc5c(c34)CCC(C(=O)NCc3ccccc3)C5)cc2S1.O=C1Cc2ccc(Nc3ncnc4sc5c(c34)CCC(C(=O)O)C5)cc2S1. The number of hydrogen-bond acceptors (Lipinski definition) is 14. The van der Waals surface area contributed by atoms with Gasteiger partial charge in [0, 0.05) is 56.2 Å². The van der Waals surface area contributed by atoms with Crippen molar-refractivity contribution >= 4 is 112 Å². The highest BCUT2D eigenvalue weighted by atomic mass is 32.2. The Kier molecular flexibility index (Phi) is 10.8. The first-order valence-electron chi connectivity index (χ1n) is 20.0. The fourth-order valence-electron chi connectivity index (χ4n) is 8.42. The van der Waals surface area contributed by atoms with E-state index in [0.29, 0.717) is 32.2 Å². The number of aliphatic carboxylic acids is 1. The molecule has 12 nitrogen and oxygen atoms in total. The van der Waals surface area contributed by atoms with Gasteiger partial charge in [-0.1, -0.05) is 66.0 Å². The summed E-state index contributed by atoms with van der Waals surface area (Å²) in [5, 5.41) is 21.7. The number of nitrogens with zero attached hydrogens (tertiary/aromatic N) is 4. The summed E-state index contributed by atoms with van der Waals surface area (Å²) in [4.78, 5) is 71.6. The second-order valence-electron chi connectivity index (χ2n) is 15.4. The van der Waals surface area contributed by atoms with Crippen LogP contribution in [0.3, 0.4) is 0 Å². The Morgan fingerprint density at radius 2 is 1.20 bits per heavy atom. The van der Waals surface area contributed by atoms with Crippen molar-refractivity contribution in [1.82, 2.24) is 25.3 Å². The molecule has 4 aliphatic rings. The molecule has 0 fully saturated rings. The minimum Gasteiger partial charge on any atom is -0.481 e. The number of hydrogen-bond donors (Lipinski definition) is 4. The number of carboxylic acid groups (broad SMARTS) is 1. The van der Waals surface area contributed by atoms with Crippen molar-refractivity contribution in [2.75, 3.05) is 10.6 Å². The van der Waals surface area contributed by atoms with Crippen molar-refractivity contribution in [1.29, 1.82) is 0 Å². The molecule has 6 heterocycles. The number of carboxylic acids is 1. The Bertz CT molecular complexity index is 2920. The fourth-order valence-corrected chi connectivity index (χ4v) is 12.8. The molecule has 306 valence electrons. The van der Waals surface area contributed by atoms with Gasteiger partial charge in [0.25, 0.3) is 0 Å². The fraction of sp³-hybridized carbons (Fsp3) is 0.244. The number of nitrogens with one attached hydrogen (secondary N) is 3. The van der Waals surface area contributed by atoms with Gasteiger partial charge in [-0.05, 0) is 90.6 Å². The molecule has 2 aliphatic carbocycles. The molecule has 2 unspecified atom stereocenters. The molecule has 3 aromatic carbocycles. The molecule has 0 spiro atoms. The van der Waals surface area contributed by atoms with E-state index in [1.165, 1.54) is 45.9 Å². The summed E-state index contributed by atoms with van der Waals surface area (Å²) >= 11 is 5.81. The van der Waals surface area contributed by atoms with Crippen LogP contribution in [0.2, 0.25) is 0 Å². The van der Waals surface area contributed by atoms with Crippen molar-refractivity contribution in [2.24, 2.45) is 11.8 Å². The lowest BCUT2D eigenvalue weighted by Gasteiger charge is -2.22. The number of thioether (sulfide) groups is 2. The third kappa shape index (κ3) is 8.12. The van der Waals surface area contributed by atoms with Crippen LogP contribution in [0.1, 0.15) is 50.4 Å². The second-order valence-corrected chi connectivity index (χ2v) is 19.8. The first-order chi connectivity index (χ1) is 29.7. The molecule has 2 aliphatic heterocycles. The van der Waals surface area contributed by atoms with Crippen LogP contribution in [0.15, 0.2) is 89.2 Å². The van der Waals surface area contributed by atoms with Crippen LogP contribution in [0.5, 0.6) is 0 Å². The number of aromatic nitrogens is 4. The smallest absolute Gasteiger partial charge is 0.306 e. The first-order valence-corrected chi connectivity index (χ1v) is 23.2. The highest BCUT2D eigenvalue weighted by Crippen LogP contribution is 2.43. The molecule has 4 aromatic heterocycles. The van der Waals surface area contributed by atoms with Crippen LogP contribution in [-0.4, -0.2) is 47.1 Å². The standard InChI is InChI=1S/C26H22N4O2S2.C19H15N3O3S2/c31-22-11-16-6-8-18(12-20(16)33-22)30-24-23-19-9-7-17(10-21(19)34-26(23)29-14-28-24)25(32)27-13-15-4-2-1-3-5-15;23-15-6-9-1-3-11(7-13(9)26-15)22-17-16-12-4-2-10(19(24)25)5-14(12)27-18(16)21-8-20-17/h1-6,8,12,14,17H,7,9-11,13H2,(H,27,32)(H,28,29,30);1,3,7-8,10H,2,4-6H2,(H,24,25)(H,20,21,22). The molecule has 2 atom stereocenters. The lowest BCUT2D eigenvalue weighted by molar-refractivity contribution is -0.142. The quantitative estimate of drug-likeness (QED) is 0.114. The summed E-state index contributed by atoms with van der Waals surface area (Å²) in [6.07, 6.45) is 8.40. The Morgan fingerprint density at radius 3 is 1.74 bits per heavy atom. The third-order valence-electron chi connectivity index (χ3n) is 11.5. The van der Waals surface area contributed by atoms with E-state index < -0.39 is 5.97 Å². The summed E-state index contributed by atoms with van der Waals surface area (Å²) < 4.78 is 0. The van der Waals surface area contributed by atoms with Crippen LogP contribution in [0.25, 0.3) is 20.4 Å². The van der Waals surface area contributed by atoms with Gasteiger partial charge in [0.15, 0.2) is 10.2 Å². The maximum atomic E-state index is 12.8. The lowest BCUT2D eigenvalue weighted by Crippen LogP contribution is -2.33. The molecule has 0 saturated heterocycles. The van der Waals surface area contributed by atoms with Gasteiger partial charge in [-0.15, -0.1) is 22.7 Å². The molecule has 0 radical (unpaired) electrons. The summed E-state index contributed by atoms with van der Waals surface area (Å²) in [6.45, 7) is 0.555. The minimum absolute atomic E-state index is 0.0279. The van der Waals surface area contributed by atoms with Crippen molar-refractivity contribution in [3.8, 4) is 0 Å². The topological polar surface area (TPSA) is 176 Å². The van der Waals surface area contributed by atoms with E-state index in [-0.39, 0.29) is 28.0 Å². The van der Waals surface area contributed by atoms with Gasteiger partial charge in [0.2, 0.25) is 5.91 Å². The minimum atomic E-state index is -0.729. The van der Waals surface area contributed by atoms with Crippen LogP contribution in [0, 0.1) is 11.8 Å². The second kappa shape index (κ2) is 16.6. The number of thiophene rings is 2. The molecule has 16 heteroatoms. The van der Waals surface area contributed by atoms with E-state index in [4.69, 9.17) is 0 Å². The van der Waals surface area contributed by atoms with Crippen LogP contribution < -0.4 is 16.0 Å². The van der Waals surface area contributed by atoms with Gasteiger partial charge < -0.3 is 21.1 Å². The largest absolute Gasteiger partial charge is 0.481 e. The number of amides is 1. The number of carbonyl (C=O) groups is 4. The van der Waals surface area contributed by atoms with Crippen molar-refractivity contribution in [2.45, 2.75) is 67.7 Å². The zero-order valence-corrected chi connectivity index (χ0v) is 35.8. The Balaban J connectivity index is 0.000000150. The number of fused-ring (bicyclic) bond motifs is 8. The van der Waals surface area contributed by atoms with E-state index in [9.17, 15) is 24.3 Å². The van der Waals surface area contributed by atoms with Crippen molar-refractivity contribution in [3.63, 3.8) is 0 Å².